The van der Waals surface area contributed by atoms with Crippen LogP contribution in [0.3, 0.4) is 0 Å². The number of H-pyrrole nitrogens is 1. The lowest BCUT2D eigenvalue weighted by molar-refractivity contribution is 0.660. The Hall–Kier alpha value is -2.03. The van der Waals surface area contributed by atoms with Crippen molar-refractivity contribution < 1.29 is 0 Å². The Morgan fingerprint density at radius 2 is 2.26 bits per heavy atom. The largest absolute Gasteiger partial charge is 0.370 e. The molecule has 0 aliphatic heterocycles. The number of hydrogen-bond acceptors (Lipinski definition) is 7. The van der Waals surface area contributed by atoms with E-state index in [2.05, 4.69) is 25.5 Å². The number of aromatic amines is 1. The molecule has 8 nitrogen and oxygen atoms in total. The van der Waals surface area contributed by atoms with Crippen molar-refractivity contribution in [2.75, 3.05) is 17.6 Å². The predicted octanol–water partition coefficient (Wildman–Crippen LogP) is 0.546. The maximum atomic E-state index is 11.5. The van der Waals surface area contributed by atoms with Crippen LogP contribution in [0.25, 0.3) is 0 Å². The maximum absolute atomic E-state index is 11.5. The molecule has 0 fully saturated rings. The molecule has 2 aromatic rings. The van der Waals surface area contributed by atoms with Crippen molar-refractivity contribution >= 4 is 23.5 Å². The molecule has 19 heavy (non-hydrogen) atoms. The van der Waals surface area contributed by atoms with E-state index in [-0.39, 0.29) is 11.6 Å². The van der Waals surface area contributed by atoms with Crippen molar-refractivity contribution in [2.24, 2.45) is 0 Å². The Bertz CT molecular complexity index is 621. The average molecular weight is 281 g/mol. The fourth-order valence-electron chi connectivity index (χ4n) is 1.52. The Morgan fingerprint density at radius 3 is 2.95 bits per heavy atom. The topological polar surface area (TPSA) is 115 Å². The van der Waals surface area contributed by atoms with Crippen LogP contribution in [0.5, 0.6) is 0 Å². The Kier molecular flexibility index (Phi) is 4.05. The zero-order valence-corrected chi connectivity index (χ0v) is 11.5. The highest BCUT2D eigenvalue weighted by atomic mass is 32.2. The highest BCUT2D eigenvalue weighted by molar-refractivity contribution is 7.99. The van der Waals surface area contributed by atoms with E-state index in [9.17, 15) is 4.79 Å². The van der Waals surface area contributed by atoms with Gasteiger partial charge in [0, 0.05) is 19.2 Å². The molecule has 0 spiro atoms. The molecular weight excluding hydrogens is 266 g/mol. The molecule has 2 aromatic heterocycles. The summed E-state index contributed by atoms with van der Waals surface area (Å²) in [5, 5.41) is 10.6. The standard InChI is InChI=1S/C10H15N7OS/c1-3-12-6-5-7(14-8(11)13-6)19-10-16-15-9(18)17(10)4-2/h5H,3-4H2,1-2H3,(H,15,18)(H3,11,12,13,14). The second-order valence-electron chi connectivity index (χ2n) is 3.64. The third-order valence-corrected chi connectivity index (χ3v) is 3.23. The van der Waals surface area contributed by atoms with E-state index < -0.39 is 0 Å². The fraction of sp³-hybridized carbons (Fsp3) is 0.400. The van der Waals surface area contributed by atoms with Gasteiger partial charge in [-0.3, -0.25) is 4.57 Å². The molecule has 0 aliphatic carbocycles. The first-order valence-corrected chi connectivity index (χ1v) is 6.67. The van der Waals surface area contributed by atoms with Crippen LogP contribution in [0.2, 0.25) is 0 Å². The summed E-state index contributed by atoms with van der Waals surface area (Å²) in [5.41, 5.74) is 5.41. The minimum Gasteiger partial charge on any atom is -0.370 e. The summed E-state index contributed by atoms with van der Waals surface area (Å²) in [6.07, 6.45) is 0. The van der Waals surface area contributed by atoms with Gasteiger partial charge in [-0.25, -0.2) is 14.9 Å². The van der Waals surface area contributed by atoms with Crippen LogP contribution < -0.4 is 16.7 Å². The van der Waals surface area contributed by atoms with Crippen LogP contribution in [0, 0.1) is 0 Å². The minimum atomic E-state index is -0.237. The van der Waals surface area contributed by atoms with Crippen LogP contribution in [0.4, 0.5) is 11.8 Å². The number of nitrogens with one attached hydrogen (secondary N) is 2. The second-order valence-corrected chi connectivity index (χ2v) is 4.63. The average Bonchev–Trinajstić information content (AvgIpc) is 2.69. The third kappa shape index (κ3) is 3.05. The number of nitrogens with two attached hydrogens (primary N) is 1. The van der Waals surface area contributed by atoms with E-state index in [1.165, 1.54) is 16.3 Å². The van der Waals surface area contributed by atoms with E-state index in [1.54, 1.807) is 6.07 Å². The molecular formula is C10H15N7OS. The monoisotopic (exact) mass is 281 g/mol. The lowest BCUT2D eigenvalue weighted by Crippen LogP contribution is -2.16. The molecule has 4 N–H and O–H groups in total. The smallest absolute Gasteiger partial charge is 0.343 e. The Labute approximate surface area is 113 Å². The van der Waals surface area contributed by atoms with Gasteiger partial charge in [0.05, 0.1) is 0 Å². The SMILES string of the molecule is CCNc1cc(Sc2n[nH]c(=O)n2CC)nc(N)n1. The van der Waals surface area contributed by atoms with Crippen molar-refractivity contribution in [2.45, 2.75) is 30.6 Å². The molecule has 0 bridgehead atoms. The summed E-state index contributed by atoms with van der Waals surface area (Å²) < 4.78 is 1.52. The molecule has 0 aromatic carbocycles. The molecule has 102 valence electrons. The molecule has 9 heteroatoms. The van der Waals surface area contributed by atoms with E-state index in [0.717, 1.165) is 6.54 Å². The van der Waals surface area contributed by atoms with E-state index in [0.29, 0.717) is 22.5 Å². The van der Waals surface area contributed by atoms with Crippen molar-refractivity contribution in [3.63, 3.8) is 0 Å². The van der Waals surface area contributed by atoms with Crippen molar-refractivity contribution in [1.29, 1.82) is 0 Å². The third-order valence-electron chi connectivity index (χ3n) is 2.31. The predicted molar refractivity (Wildman–Crippen MR) is 73.3 cm³/mol. The fourth-order valence-corrected chi connectivity index (χ4v) is 2.43. The van der Waals surface area contributed by atoms with Gasteiger partial charge in [-0.05, 0) is 25.6 Å². The van der Waals surface area contributed by atoms with Gasteiger partial charge < -0.3 is 11.1 Å². The molecule has 0 unspecified atom stereocenters. The van der Waals surface area contributed by atoms with Crippen molar-refractivity contribution in [3.8, 4) is 0 Å². The van der Waals surface area contributed by atoms with E-state index in [1.807, 2.05) is 13.8 Å². The number of nitrogens with zero attached hydrogens (tertiary/aromatic N) is 4. The number of rotatable bonds is 5. The van der Waals surface area contributed by atoms with Crippen molar-refractivity contribution in [1.82, 2.24) is 24.7 Å². The lowest BCUT2D eigenvalue weighted by Gasteiger charge is -2.06. The summed E-state index contributed by atoms with van der Waals surface area (Å²) in [6, 6.07) is 1.77. The van der Waals surface area contributed by atoms with Gasteiger partial charge in [-0.1, -0.05) is 0 Å². The quantitative estimate of drug-likeness (QED) is 0.685. The first-order valence-electron chi connectivity index (χ1n) is 5.85. The molecule has 0 saturated heterocycles. The normalized spacial score (nSPS) is 10.6. The van der Waals surface area contributed by atoms with Crippen LogP contribution in [0.15, 0.2) is 21.0 Å². The minimum absolute atomic E-state index is 0.182. The highest BCUT2D eigenvalue weighted by Gasteiger charge is 2.11. The van der Waals surface area contributed by atoms with Gasteiger partial charge in [0.1, 0.15) is 10.8 Å². The summed E-state index contributed by atoms with van der Waals surface area (Å²) in [6.45, 7) is 5.12. The van der Waals surface area contributed by atoms with Gasteiger partial charge in [-0.15, -0.1) is 5.10 Å². The molecule has 0 atom stereocenters. The molecule has 0 amide bonds. The molecule has 0 radical (unpaired) electrons. The number of anilines is 2. The van der Waals surface area contributed by atoms with Crippen LogP contribution in [0.1, 0.15) is 13.8 Å². The zero-order valence-electron chi connectivity index (χ0n) is 10.7. The maximum Gasteiger partial charge on any atom is 0.343 e. The van der Waals surface area contributed by atoms with Gasteiger partial charge in [-0.2, -0.15) is 4.98 Å². The highest BCUT2D eigenvalue weighted by Crippen LogP contribution is 2.25. The first kappa shape index (κ1) is 13.4. The molecule has 0 saturated carbocycles. The first-order chi connectivity index (χ1) is 9.13. The lowest BCUT2D eigenvalue weighted by atomic mass is 10.5. The van der Waals surface area contributed by atoms with E-state index in [4.69, 9.17) is 5.73 Å². The molecule has 2 rings (SSSR count). The molecule has 2 heterocycles. The summed E-state index contributed by atoms with van der Waals surface area (Å²) >= 11 is 1.26. The second kappa shape index (κ2) is 5.74. The number of hydrogen-bond donors (Lipinski definition) is 3. The summed E-state index contributed by atoms with van der Waals surface area (Å²) in [4.78, 5) is 19.6. The number of aromatic nitrogens is 5. The van der Waals surface area contributed by atoms with Crippen LogP contribution in [-0.4, -0.2) is 31.3 Å². The Balaban J connectivity index is 2.29. The molecule has 0 aliphatic rings. The zero-order chi connectivity index (χ0) is 13.8. The van der Waals surface area contributed by atoms with Crippen LogP contribution >= 0.6 is 11.8 Å². The van der Waals surface area contributed by atoms with Crippen LogP contribution in [-0.2, 0) is 6.54 Å². The van der Waals surface area contributed by atoms with Gasteiger partial charge >= 0.3 is 5.69 Å². The van der Waals surface area contributed by atoms with Gasteiger partial charge in [0.15, 0.2) is 5.16 Å². The van der Waals surface area contributed by atoms with Gasteiger partial charge in [0.25, 0.3) is 0 Å². The van der Waals surface area contributed by atoms with Gasteiger partial charge in [0.2, 0.25) is 5.95 Å². The summed E-state index contributed by atoms with van der Waals surface area (Å²) in [5.74, 6) is 0.834. The number of nitrogen functional groups attached to an aromatic ring is 1. The Morgan fingerprint density at radius 1 is 1.47 bits per heavy atom. The van der Waals surface area contributed by atoms with Crippen molar-refractivity contribution in [3.05, 3.63) is 16.6 Å². The summed E-state index contributed by atoms with van der Waals surface area (Å²) in [7, 11) is 0. The van der Waals surface area contributed by atoms with E-state index >= 15 is 0 Å².